The summed E-state index contributed by atoms with van der Waals surface area (Å²) in [6.07, 6.45) is 2.46. The summed E-state index contributed by atoms with van der Waals surface area (Å²) in [5.41, 5.74) is 7.42. The van der Waals surface area contributed by atoms with Gasteiger partial charge in [0.2, 0.25) is 11.8 Å². The Bertz CT molecular complexity index is 1200. The highest BCUT2D eigenvalue weighted by atomic mass is 35.5. The van der Waals surface area contributed by atoms with E-state index in [0.29, 0.717) is 42.5 Å². The number of carbonyl (C=O) groups excluding carboxylic acids is 2. The molecule has 8 heteroatoms. The Morgan fingerprint density at radius 2 is 1.65 bits per heavy atom. The topological polar surface area (TPSA) is 93.9 Å². The number of amides is 2. The van der Waals surface area contributed by atoms with Crippen LogP contribution < -0.4 is 20.5 Å². The molecule has 37 heavy (non-hydrogen) atoms. The fourth-order valence-electron chi connectivity index (χ4n) is 4.48. The smallest absolute Gasteiger partial charge is 0.246 e. The van der Waals surface area contributed by atoms with Crippen LogP contribution in [0.25, 0.3) is 0 Å². The summed E-state index contributed by atoms with van der Waals surface area (Å²) in [6, 6.07) is 21.3. The minimum absolute atomic E-state index is 0.117. The van der Waals surface area contributed by atoms with E-state index in [4.69, 9.17) is 26.8 Å². The molecule has 194 valence electrons. The lowest BCUT2D eigenvalue weighted by Gasteiger charge is -2.39. The van der Waals surface area contributed by atoms with Gasteiger partial charge < -0.3 is 25.4 Å². The van der Waals surface area contributed by atoms with Gasteiger partial charge in [-0.1, -0.05) is 48.0 Å². The highest BCUT2D eigenvalue weighted by Gasteiger charge is 2.40. The van der Waals surface area contributed by atoms with Gasteiger partial charge >= 0.3 is 0 Å². The summed E-state index contributed by atoms with van der Waals surface area (Å²) in [4.78, 5) is 28.5. The molecule has 1 fully saturated rings. The first kappa shape index (κ1) is 26.5. The maximum absolute atomic E-state index is 13.6. The van der Waals surface area contributed by atoms with Gasteiger partial charge in [0.15, 0.2) is 0 Å². The van der Waals surface area contributed by atoms with Crippen molar-refractivity contribution in [2.75, 3.05) is 13.7 Å². The van der Waals surface area contributed by atoms with E-state index >= 15 is 0 Å². The van der Waals surface area contributed by atoms with Crippen LogP contribution in [-0.4, -0.2) is 42.5 Å². The standard InChI is InChI=1S/C29H32ClN3O4/c1-36-27-15-12-21(17-24(27)30)18-25-29(35)33(26(28(34)32-25)9-5-6-16-31)19-20-10-13-23(14-11-20)37-22-7-3-2-4-8-22/h2-4,7-8,10-15,17,25-26H,5-6,9,16,18-19,31H2,1H3,(H,32,34). The van der Waals surface area contributed by atoms with E-state index < -0.39 is 12.1 Å². The highest BCUT2D eigenvalue weighted by Crippen LogP contribution is 2.27. The number of para-hydroxylation sites is 1. The zero-order valence-corrected chi connectivity index (χ0v) is 21.6. The molecule has 0 bridgehead atoms. The van der Waals surface area contributed by atoms with Crippen molar-refractivity contribution in [1.82, 2.24) is 10.2 Å². The molecule has 1 aliphatic heterocycles. The minimum atomic E-state index is -0.677. The average molecular weight is 522 g/mol. The second kappa shape index (κ2) is 12.6. The first-order valence-electron chi connectivity index (χ1n) is 12.4. The largest absolute Gasteiger partial charge is 0.495 e. The molecule has 0 spiro atoms. The third-order valence-electron chi connectivity index (χ3n) is 6.42. The summed E-state index contributed by atoms with van der Waals surface area (Å²) in [7, 11) is 1.55. The highest BCUT2D eigenvalue weighted by molar-refractivity contribution is 6.32. The number of ether oxygens (including phenoxy) is 2. The normalized spacial score (nSPS) is 17.4. The average Bonchev–Trinajstić information content (AvgIpc) is 2.90. The molecule has 2 amide bonds. The van der Waals surface area contributed by atoms with Crippen molar-refractivity contribution >= 4 is 23.4 Å². The van der Waals surface area contributed by atoms with Gasteiger partial charge in [0.25, 0.3) is 0 Å². The van der Waals surface area contributed by atoms with Gasteiger partial charge in [0.05, 0.1) is 12.1 Å². The minimum Gasteiger partial charge on any atom is -0.495 e. The molecular weight excluding hydrogens is 490 g/mol. The number of piperazine rings is 1. The molecule has 3 N–H and O–H groups in total. The van der Waals surface area contributed by atoms with Gasteiger partial charge in [-0.15, -0.1) is 0 Å². The maximum atomic E-state index is 13.6. The molecule has 1 heterocycles. The molecule has 0 aromatic heterocycles. The fraction of sp³-hybridized carbons (Fsp3) is 0.310. The molecule has 0 aliphatic carbocycles. The number of nitrogens with two attached hydrogens (primary N) is 1. The van der Waals surface area contributed by atoms with E-state index in [1.54, 1.807) is 24.1 Å². The van der Waals surface area contributed by atoms with Crippen molar-refractivity contribution in [3.05, 3.63) is 88.9 Å². The number of nitrogens with one attached hydrogen (secondary N) is 1. The second-order valence-corrected chi connectivity index (χ2v) is 9.47. The monoisotopic (exact) mass is 521 g/mol. The van der Waals surface area contributed by atoms with Gasteiger partial charge in [-0.25, -0.2) is 0 Å². The number of unbranched alkanes of at least 4 members (excludes halogenated alkanes) is 1. The van der Waals surface area contributed by atoms with Gasteiger partial charge in [-0.05, 0) is 73.3 Å². The number of nitrogens with zero attached hydrogens (tertiary/aromatic N) is 1. The Balaban J connectivity index is 1.51. The van der Waals surface area contributed by atoms with Crippen LogP contribution in [0.2, 0.25) is 5.02 Å². The van der Waals surface area contributed by atoms with E-state index in [1.165, 1.54) is 0 Å². The van der Waals surface area contributed by atoms with Gasteiger partial charge in [0, 0.05) is 13.0 Å². The maximum Gasteiger partial charge on any atom is 0.246 e. The molecule has 1 aliphatic rings. The quantitative estimate of drug-likeness (QED) is 0.356. The molecule has 0 saturated carbocycles. The lowest BCUT2D eigenvalue weighted by Crippen LogP contribution is -2.63. The van der Waals surface area contributed by atoms with Crippen LogP contribution in [0.4, 0.5) is 0 Å². The van der Waals surface area contributed by atoms with Crippen LogP contribution in [0.15, 0.2) is 72.8 Å². The number of benzene rings is 3. The van der Waals surface area contributed by atoms with E-state index in [0.717, 1.165) is 29.7 Å². The zero-order chi connectivity index (χ0) is 26.2. The van der Waals surface area contributed by atoms with Crippen molar-refractivity contribution in [3.63, 3.8) is 0 Å². The zero-order valence-electron chi connectivity index (χ0n) is 20.9. The number of hydrogen-bond acceptors (Lipinski definition) is 5. The van der Waals surface area contributed by atoms with Crippen molar-refractivity contribution in [1.29, 1.82) is 0 Å². The Hall–Kier alpha value is -3.55. The molecule has 2 unspecified atom stereocenters. The molecule has 3 aromatic carbocycles. The van der Waals surface area contributed by atoms with Crippen molar-refractivity contribution in [3.8, 4) is 17.2 Å². The number of halogens is 1. The predicted molar refractivity (Wildman–Crippen MR) is 144 cm³/mol. The summed E-state index contributed by atoms with van der Waals surface area (Å²) < 4.78 is 11.1. The van der Waals surface area contributed by atoms with Gasteiger partial charge in [0.1, 0.15) is 29.3 Å². The number of hydrogen-bond donors (Lipinski definition) is 2. The van der Waals surface area contributed by atoms with E-state index in [-0.39, 0.29) is 11.8 Å². The molecule has 4 rings (SSSR count). The number of carbonyl (C=O) groups is 2. The van der Waals surface area contributed by atoms with E-state index in [2.05, 4.69) is 5.32 Å². The SMILES string of the molecule is COc1ccc(CC2NC(=O)C(CCCCN)N(Cc3ccc(Oc4ccccc4)cc3)C2=O)cc1Cl. The summed E-state index contributed by atoms with van der Waals surface area (Å²) in [5, 5.41) is 3.40. The summed E-state index contributed by atoms with van der Waals surface area (Å²) in [5.74, 6) is 1.75. The predicted octanol–water partition coefficient (Wildman–Crippen LogP) is 4.71. The fourth-order valence-corrected chi connectivity index (χ4v) is 4.76. The lowest BCUT2D eigenvalue weighted by atomic mass is 9.96. The van der Waals surface area contributed by atoms with E-state index in [1.807, 2.05) is 60.7 Å². The summed E-state index contributed by atoms with van der Waals surface area (Å²) >= 11 is 6.28. The van der Waals surface area contributed by atoms with Crippen LogP contribution in [0, 0.1) is 0 Å². The third-order valence-corrected chi connectivity index (χ3v) is 6.71. The van der Waals surface area contributed by atoms with Crippen molar-refractivity contribution < 1.29 is 19.1 Å². The van der Waals surface area contributed by atoms with Crippen LogP contribution in [-0.2, 0) is 22.6 Å². The van der Waals surface area contributed by atoms with Crippen LogP contribution >= 0.6 is 11.6 Å². The Kier molecular flexibility index (Phi) is 9.04. The Morgan fingerprint density at radius 3 is 2.32 bits per heavy atom. The third kappa shape index (κ3) is 6.81. The van der Waals surface area contributed by atoms with E-state index in [9.17, 15) is 9.59 Å². The Morgan fingerprint density at radius 1 is 0.946 bits per heavy atom. The molecule has 3 aromatic rings. The number of rotatable bonds is 11. The second-order valence-electron chi connectivity index (χ2n) is 9.06. The first-order chi connectivity index (χ1) is 18.0. The molecule has 0 radical (unpaired) electrons. The first-order valence-corrected chi connectivity index (χ1v) is 12.8. The number of methoxy groups -OCH3 is 1. The molecule has 1 saturated heterocycles. The summed E-state index contributed by atoms with van der Waals surface area (Å²) in [6.45, 7) is 0.872. The molecule has 7 nitrogen and oxygen atoms in total. The Labute approximate surface area is 222 Å². The van der Waals surface area contributed by atoms with Crippen LogP contribution in [0.5, 0.6) is 17.2 Å². The van der Waals surface area contributed by atoms with Crippen molar-refractivity contribution in [2.24, 2.45) is 5.73 Å². The van der Waals surface area contributed by atoms with Gasteiger partial charge in [-0.2, -0.15) is 0 Å². The van der Waals surface area contributed by atoms with Crippen molar-refractivity contribution in [2.45, 2.75) is 44.3 Å². The van der Waals surface area contributed by atoms with Crippen LogP contribution in [0.3, 0.4) is 0 Å². The molecule has 2 atom stereocenters. The lowest BCUT2D eigenvalue weighted by molar-refractivity contribution is -0.150. The van der Waals surface area contributed by atoms with Crippen LogP contribution in [0.1, 0.15) is 30.4 Å². The van der Waals surface area contributed by atoms with Gasteiger partial charge in [-0.3, -0.25) is 9.59 Å². The molecular formula is C29H32ClN3O4.